The molecule has 2 aromatic heterocycles. The molecule has 102 valence electrons. The van der Waals surface area contributed by atoms with E-state index in [-0.39, 0.29) is 5.41 Å². The second-order valence-corrected chi connectivity index (χ2v) is 6.26. The van der Waals surface area contributed by atoms with Gasteiger partial charge in [-0.2, -0.15) is 5.10 Å². The van der Waals surface area contributed by atoms with Gasteiger partial charge in [-0.1, -0.05) is 20.8 Å². The molecule has 7 heteroatoms. The first-order valence-electron chi connectivity index (χ1n) is 5.89. The normalized spacial score (nSPS) is 11.7. The molecule has 0 spiro atoms. The Balaban J connectivity index is 2.65. The first kappa shape index (κ1) is 14.0. The lowest BCUT2D eigenvalue weighted by Crippen LogP contribution is -2.21. The minimum absolute atomic E-state index is 0.168. The predicted octanol–water partition coefficient (Wildman–Crippen LogP) is 2.32. The molecule has 2 rings (SSSR count). The Labute approximate surface area is 120 Å². The van der Waals surface area contributed by atoms with Gasteiger partial charge >= 0.3 is 0 Å². The van der Waals surface area contributed by atoms with Crippen LogP contribution in [0, 0.1) is 6.92 Å². The number of hydrazine groups is 1. The average molecular weight is 325 g/mol. The molecule has 0 amide bonds. The molecule has 0 aliphatic heterocycles. The lowest BCUT2D eigenvalue weighted by Gasteiger charge is -2.20. The maximum atomic E-state index is 5.54. The number of nitrogen functional groups attached to an aromatic ring is 1. The molecule has 0 bridgehead atoms. The van der Waals surface area contributed by atoms with Gasteiger partial charge in [0.1, 0.15) is 11.6 Å². The molecule has 0 fully saturated rings. The Morgan fingerprint density at radius 1 is 1.32 bits per heavy atom. The van der Waals surface area contributed by atoms with Crippen LogP contribution in [0.5, 0.6) is 0 Å². The van der Waals surface area contributed by atoms with Gasteiger partial charge in [0.15, 0.2) is 5.82 Å². The number of aromatic nitrogens is 4. The van der Waals surface area contributed by atoms with Crippen molar-refractivity contribution in [3.63, 3.8) is 0 Å². The van der Waals surface area contributed by atoms with E-state index < -0.39 is 0 Å². The third-order valence-corrected chi connectivity index (χ3v) is 3.11. The van der Waals surface area contributed by atoms with Crippen molar-refractivity contribution in [2.45, 2.75) is 33.1 Å². The van der Waals surface area contributed by atoms with Crippen molar-refractivity contribution in [3.8, 4) is 5.82 Å². The molecule has 6 nitrogen and oxygen atoms in total. The standard InChI is InChI=1S/C12H17BrN6/c1-7-9(18-14)16-11(12(2,3)4)17-10(7)19-6-8(13)5-15-19/h5-6H,14H2,1-4H3,(H,16,17,18). The van der Waals surface area contributed by atoms with E-state index in [2.05, 4.69) is 57.2 Å². The Kier molecular flexibility index (Phi) is 3.60. The van der Waals surface area contributed by atoms with E-state index in [1.165, 1.54) is 0 Å². The van der Waals surface area contributed by atoms with Gasteiger partial charge in [0.25, 0.3) is 0 Å². The molecule has 0 aliphatic rings. The van der Waals surface area contributed by atoms with Crippen molar-refractivity contribution in [3.05, 3.63) is 28.3 Å². The summed E-state index contributed by atoms with van der Waals surface area (Å²) in [5.41, 5.74) is 3.31. The lowest BCUT2D eigenvalue weighted by atomic mass is 9.95. The summed E-state index contributed by atoms with van der Waals surface area (Å²) in [4.78, 5) is 9.06. The quantitative estimate of drug-likeness (QED) is 0.654. The zero-order valence-electron chi connectivity index (χ0n) is 11.4. The van der Waals surface area contributed by atoms with Gasteiger partial charge in [0, 0.05) is 17.2 Å². The van der Waals surface area contributed by atoms with Crippen LogP contribution < -0.4 is 11.3 Å². The van der Waals surface area contributed by atoms with Gasteiger partial charge in [-0.15, -0.1) is 0 Å². The Morgan fingerprint density at radius 3 is 2.47 bits per heavy atom. The van der Waals surface area contributed by atoms with E-state index in [4.69, 9.17) is 5.84 Å². The summed E-state index contributed by atoms with van der Waals surface area (Å²) in [6.45, 7) is 8.08. The number of nitrogens with one attached hydrogen (secondary N) is 1. The number of hydrogen-bond donors (Lipinski definition) is 2. The molecule has 0 aromatic carbocycles. The van der Waals surface area contributed by atoms with Gasteiger partial charge in [0.2, 0.25) is 0 Å². The van der Waals surface area contributed by atoms with Crippen LogP contribution >= 0.6 is 15.9 Å². The third kappa shape index (κ3) is 2.76. The van der Waals surface area contributed by atoms with E-state index in [1.807, 2.05) is 13.1 Å². The highest BCUT2D eigenvalue weighted by Crippen LogP contribution is 2.25. The molecule has 0 atom stereocenters. The maximum Gasteiger partial charge on any atom is 0.162 e. The number of anilines is 1. The lowest BCUT2D eigenvalue weighted by molar-refractivity contribution is 0.542. The largest absolute Gasteiger partial charge is 0.308 e. The summed E-state index contributed by atoms with van der Waals surface area (Å²) in [6.07, 6.45) is 3.57. The molecule has 0 saturated heterocycles. The molecule has 0 unspecified atom stereocenters. The average Bonchev–Trinajstić information content (AvgIpc) is 2.74. The van der Waals surface area contributed by atoms with Crippen molar-refractivity contribution in [1.29, 1.82) is 0 Å². The summed E-state index contributed by atoms with van der Waals surface area (Å²) in [6, 6.07) is 0. The zero-order valence-corrected chi connectivity index (χ0v) is 13.0. The van der Waals surface area contributed by atoms with Gasteiger partial charge in [-0.3, -0.25) is 0 Å². The van der Waals surface area contributed by atoms with Crippen LogP contribution in [-0.2, 0) is 5.41 Å². The van der Waals surface area contributed by atoms with E-state index in [0.29, 0.717) is 11.6 Å². The van der Waals surface area contributed by atoms with Gasteiger partial charge in [-0.25, -0.2) is 20.5 Å². The van der Waals surface area contributed by atoms with Crippen molar-refractivity contribution in [2.75, 3.05) is 5.43 Å². The second-order valence-electron chi connectivity index (χ2n) is 5.34. The number of hydrogen-bond acceptors (Lipinski definition) is 5. The number of rotatable bonds is 2. The van der Waals surface area contributed by atoms with Crippen molar-refractivity contribution < 1.29 is 0 Å². The molecule has 2 aromatic rings. The van der Waals surface area contributed by atoms with Gasteiger partial charge in [0.05, 0.1) is 10.7 Å². The van der Waals surface area contributed by atoms with Crippen LogP contribution in [0.2, 0.25) is 0 Å². The van der Waals surface area contributed by atoms with Crippen molar-refractivity contribution >= 4 is 21.7 Å². The maximum absolute atomic E-state index is 5.54. The van der Waals surface area contributed by atoms with Gasteiger partial charge < -0.3 is 5.43 Å². The van der Waals surface area contributed by atoms with Crippen molar-refractivity contribution in [2.24, 2.45) is 5.84 Å². The third-order valence-electron chi connectivity index (χ3n) is 2.70. The zero-order chi connectivity index (χ0) is 14.2. The topological polar surface area (TPSA) is 81.6 Å². The second kappa shape index (κ2) is 4.90. The molecule has 2 heterocycles. The van der Waals surface area contributed by atoms with E-state index in [9.17, 15) is 0 Å². The van der Waals surface area contributed by atoms with Crippen LogP contribution in [0.15, 0.2) is 16.9 Å². The fourth-order valence-electron chi connectivity index (χ4n) is 1.62. The summed E-state index contributed by atoms with van der Waals surface area (Å²) in [7, 11) is 0. The van der Waals surface area contributed by atoms with Crippen LogP contribution in [-0.4, -0.2) is 19.7 Å². The van der Waals surface area contributed by atoms with Crippen LogP contribution in [0.4, 0.5) is 5.82 Å². The number of nitrogens with zero attached hydrogens (tertiary/aromatic N) is 4. The molecule has 0 aliphatic carbocycles. The Morgan fingerprint density at radius 2 is 2.00 bits per heavy atom. The van der Waals surface area contributed by atoms with Crippen LogP contribution in [0.25, 0.3) is 5.82 Å². The molecule has 3 N–H and O–H groups in total. The number of nitrogens with two attached hydrogens (primary N) is 1. The molecule has 0 saturated carbocycles. The highest BCUT2D eigenvalue weighted by Gasteiger charge is 2.21. The van der Waals surface area contributed by atoms with E-state index in [1.54, 1.807) is 10.9 Å². The first-order chi connectivity index (χ1) is 8.82. The summed E-state index contributed by atoms with van der Waals surface area (Å²) < 4.78 is 2.60. The Bertz CT molecular complexity index is 599. The van der Waals surface area contributed by atoms with E-state index in [0.717, 1.165) is 15.9 Å². The fourth-order valence-corrected chi connectivity index (χ4v) is 1.91. The fraction of sp³-hybridized carbons (Fsp3) is 0.417. The molecular formula is C12H17BrN6. The van der Waals surface area contributed by atoms with Crippen molar-refractivity contribution in [1.82, 2.24) is 19.7 Å². The smallest absolute Gasteiger partial charge is 0.162 e. The summed E-state index contributed by atoms with van der Waals surface area (Å²) >= 11 is 3.38. The first-order valence-corrected chi connectivity index (χ1v) is 6.68. The minimum atomic E-state index is -0.168. The SMILES string of the molecule is Cc1c(NN)nc(C(C)(C)C)nc1-n1cc(Br)cn1. The van der Waals surface area contributed by atoms with Gasteiger partial charge in [-0.05, 0) is 22.9 Å². The monoisotopic (exact) mass is 324 g/mol. The minimum Gasteiger partial charge on any atom is -0.308 e. The highest BCUT2D eigenvalue weighted by atomic mass is 79.9. The van der Waals surface area contributed by atoms with E-state index >= 15 is 0 Å². The van der Waals surface area contributed by atoms with Crippen LogP contribution in [0.3, 0.4) is 0 Å². The molecular weight excluding hydrogens is 308 g/mol. The summed E-state index contributed by atoms with van der Waals surface area (Å²) in [5.74, 6) is 7.58. The highest BCUT2D eigenvalue weighted by molar-refractivity contribution is 9.10. The molecule has 0 radical (unpaired) electrons. The van der Waals surface area contributed by atoms with Crippen LogP contribution in [0.1, 0.15) is 32.2 Å². The molecule has 19 heavy (non-hydrogen) atoms. The summed E-state index contributed by atoms with van der Waals surface area (Å²) in [5, 5.41) is 4.26. The predicted molar refractivity (Wildman–Crippen MR) is 78.1 cm³/mol. The number of halogens is 1. The Hall–Kier alpha value is -1.47.